The first kappa shape index (κ1) is 13.0. The molecule has 0 saturated carbocycles. The van der Waals surface area contributed by atoms with Gasteiger partial charge in [-0.25, -0.2) is 9.97 Å². The van der Waals surface area contributed by atoms with Crippen LogP contribution < -0.4 is 9.47 Å². The third kappa shape index (κ3) is 2.54. The van der Waals surface area contributed by atoms with Gasteiger partial charge < -0.3 is 9.47 Å². The molecule has 0 spiro atoms. The summed E-state index contributed by atoms with van der Waals surface area (Å²) in [5.41, 5.74) is 2.34. The van der Waals surface area contributed by atoms with E-state index in [0.29, 0.717) is 17.7 Å². The lowest BCUT2D eigenvalue weighted by Crippen LogP contribution is -1.97. The standard InChI is InChI=1S/C14H14N2O3/c1-9-6-13(19-3)10(7-12(9)18-2)11-4-5-15-14(8-17)16-11/h4-8H,1-3H3. The van der Waals surface area contributed by atoms with Crippen LogP contribution in [0.1, 0.15) is 16.2 Å². The number of methoxy groups -OCH3 is 2. The highest BCUT2D eigenvalue weighted by Crippen LogP contribution is 2.34. The number of rotatable bonds is 4. The van der Waals surface area contributed by atoms with Gasteiger partial charge in [-0.15, -0.1) is 0 Å². The Morgan fingerprint density at radius 2 is 1.89 bits per heavy atom. The van der Waals surface area contributed by atoms with Crippen LogP contribution in [-0.4, -0.2) is 30.5 Å². The lowest BCUT2D eigenvalue weighted by atomic mass is 10.1. The highest BCUT2D eigenvalue weighted by molar-refractivity contribution is 5.74. The molecule has 0 aliphatic carbocycles. The highest BCUT2D eigenvalue weighted by Gasteiger charge is 2.12. The fourth-order valence-corrected chi connectivity index (χ4v) is 1.83. The number of aryl methyl sites for hydroxylation is 1. The first-order chi connectivity index (χ1) is 9.19. The van der Waals surface area contributed by atoms with E-state index in [0.717, 1.165) is 16.9 Å². The van der Waals surface area contributed by atoms with Gasteiger partial charge in [-0.3, -0.25) is 4.79 Å². The first-order valence-electron chi connectivity index (χ1n) is 5.70. The summed E-state index contributed by atoms with van der Waals surface area (Å²) in [5, 5.41) is 0. The number of nitrogens with zero attached hydrogens (tertiary/aromatic N) is 2. The van der Waals surface area contributed by atoms with Crippen molar-refractivity contribution in [2.24, 2.45) is 0 Å². The Morgan fingerprint density at radius 1 is 1.16 bits per heavy atom. The van der Waals surface area contributed by atoms with Crippen LogP contribution in [0.3, 0.4) is 0 Å². The van der Waals surface area contributed by atoms with Gasteiger partial charge in [-0.05, 0) is 30.7 Å². The molecule has 0 N–H and O–H groups in total. The van der Waals surface area contributed by atoms with Gasteiger partial charge in [0, 0.05) is 11.8 Å². The van der Waals surface area contributed by atoms with E-state index in [2.05, 4.69) is 9.97 Å². The predicted octanol–water partition coefficient (Wildman–Crippen LogP) is 2.28. The fourth-order valence-electron chi connectivity index (χ4n) is 1.83. The molecule has 0 amide bonds. The van der Waals surface area contributed by atoms with Crippen molar-refractivity contribution in [3.8, 4) is 22.8 Å². The second-order valence-corrected chi connectivity index (χ2v) is 3.94. The van der Waals surface area contributed by atoms with E-state index < -0.39 is 0 Å². The highest BCUT2D eigenvalue weighted by atomic mass is 16.5. The van der Waals surface area contributed by atoms with Gasteiger partial charge in [0.25, 0.3) is 0 Å². The topological polar surface area (TPSA) is 61.3 Å². The predicted molar refractivity (Wildman–Crippen MR) is 70.7 cm³/mol. The van der Waals surface area contributed by atoms with Crippen molar-refractivity contribution < 1.29 is 14.3 Å². The zero-order valence-electron chi connectivity index (χ0n) is 11.0. The Labute approximate surface area is 111 Å². The summed E-state index contributed by atoms with van der Waals surface area (Å²) >= 11 is 0. The van der Waals surface area contributed by atoms with E-state index in [1.807, 2.05) is 19.1 Å². The van der Waals surface area contributed by atoms with Crippen molar-refractivity contribution in [1.29, 1.82) is 0 Å². The zero-order chi connectivity index (χ0) is 13.8. The number of aromatic nitrogens is 2. The molecule has 2 rings (SSSR count). The average molecular weight is 258 g/mol. The Kier molecular flexibility index (Phi) is 3.75. The van der Waals surface area contributed by atoms with Crippen LogP contribution in [0.2, 0.25) is 0 Å². The molecular formula is C14H14N2O3. The largest absolute Gasteiger partial charge is 0.496 e. The summed E-state index contributed by atoms with van der Waals surface area (Å²) in [7, 11) is 3.20. The Hall–Kier alpha value is -2.43. The quantitative estimate of drug-likeness (QED) is 0.787. The van der Waals surface area contributed by atoms with Gasteiger partial charge in [-0.1, -0.05) is 0 Å². The van der Waals surface area contributed by atoms with Crippen LogP contribution in [0, 0.1) is 6.92 Å². The minimum absolute atomic E-state index is 0.138. The number of aldehydes is 1. The molecule has 0 saturated heterocycles. The van der Waals surface area contributed by atoms with Crippen LogP contribution in [0.15, 0.2) is 24.4 Å². The van der Waals surface area contributed by atoms with E-state index in [-0.39, 0.29) is 5.82 Å². The molecule has 2 aromatic rings. The zero-order valence-corrected chi connectivity index (χ0v) is 11.0. The average Bonchev–Trinajstić information content (AvgIpc) is 2.46. The summed E-state index contributed by atoms with van der Waals surface area (Å²) in [6, 6.07) is 5.43. The Bertz CT molecular complexity index is 612. The smallest absolute Gasteiger partial charge is 0.193 e. The third-order valence-electron chi connectivity index (χ3n) is 2.77. The van der Waals surface area contributed by atoms with Gasteiger partial charge in [0.05, 0.1) is 19.9 Å². The van der Waals surface area contributed by atoms with Crippen LogP contribution in [-0.2, 0) is 0 Å². The van der Waals surface area contributed by atoms with Crippen molar-refractivity contribution in [3.63, 3.8) is 0 Å². The summed E-state index contributed by atoms with van der Waals surface area (Å²) in [5.74, 6) is 1.55. The van der Waals surface area contributed by atoms with Gasteiger partial charge in [0.15, 0.2) is 12.1 Å². The van der Waals surface area contributed by atoms with Crippen molar-refractivity contribution in [1.82, 2.24) is 9.97 Å². The maximum absolute atomic E-state index is 10.7. The molecule has 98 valence electrons. The minimum atomic E-state index is 0.138. The summed E-state index contributed by atoms with van der Waals surface area (Å²) < 4.78 is 10.6. The molecule has 0 bridgehead atoms. The maximum atomic E-state index is 10.7. The monoisotopic (exact) mass is 258 g/mol. The van der Waals surface area contributed by atoms with Gasteiger partial charge >= 0.3 is 0 Å². The van der Waals surface area contributed by atoms with E-state index >= 15 is 0 Å². The molecule has 0 fully saturated rings. The molecule has 19 heavy (non-hydrogen) atoms. The number of hydrogen-bond acceptors (Lipinski definition) is 5. The molecular weight excluding hydrogens is 244 g/mol. The third-order valence-corrected chi connectivity index (χ3v) is 2.77. The molecule has 0 aliphatic rings. The molecule has 1 aromatic heterocycles. The Morgan fingerprint density at radius 3 is 2.53 bits per heavy atom. The van der Waals surface area contributed by atoms with E-state index in [1.165, 1.54) is 6.20 Å². The van der Waals surface area contributed by atoms with Gasteiger partial charge in [0.2, 0.25) is 0 Å². The van der Waals surface area contributed by atoms with Crippen LogP contribution in [0.25, 0.3) is 11.3 Å². The van der Waals surface area contributed by atoms with Gasteiger partial charge in [0.1, 0.15) is 11.5 Å². The lowest BCUT2D eigenvalue weighted by Gasteiger charge is -2.12. The molecule has 0 atom stereocenters. The van der Waals surface area contributed by atoms with Gasteiger partial charge in [-0.2, -0.15) is 0 Å². The molecule has 1 aromatic carbocycles. The molecule has 0 radical (unpaired) electrons. The van der Waals surface area contributed by atoms with Crippen molar-refractivity contribution in [2.75, 3.05) is 14.2 Å². The summed E-state index contributed by atoms with van der Waals surface area (Å²) in [4.78, 5) is 18.7. The number of hydrogen-bond donors (Lipinski definition) is 0. The molecule has 1 heterocycles. The summed E-state index contributed by atoms with van der Waals surface area (Å²) in [6.45, 7) is 1.93. The molecule has 5 heteroatoms. The lowest BCUT2D eigenvalue weighted by molar-refractivity contribution is 0.111. The fraction of sp³-hybridized carbons (Fsp3) is 0.214. The SMILES string of the molecule is COc1cc(-c2ccnc(C=O)n2)c(OC)cc1C. The first-order valence-corrected chi connectivity index (χ1v) is 5.70. The number of carbonyl (C=O) groups is 1. The normalized spacial score (nSPS) is 10.1. The number of ether oxygens (including phenoxy) is 2. The van der Waals surface area contributed by atoms with Crippen LogP contribution in [0.5, 0.6) is 11.5 Å². The second-order valence-electron chi connectivity index (χ2n) is 3.94. The van der Waals surface area contributed by atoms with E-state index in [9.17, 15) is 4.79 Å². The van der Waals surface area contributed by atoms with Crippen LogP contribution >= 0.6 is 0 Å². The second kappa shape index (κ2) is 5.48. The van der Waals surface area contributed by atoms with E-state index in [1.54, 1.807) is 20.3 Å². The maximum Gasteiger partial charge on any atom is 0.193 e. The Balaban J connectivity index is 2.62. The minimum Gasteiger partial charge on any atom is -0.496 e. The summed E-state index contributed by atoms with van der Waals surface area (Å²) in [6.07, 6.45) is 2.15. The molecule has 0 unspecified atom stereocenters. The van der Waals surface area contributed by atoms with E-state index in [4.69, 9.17) is 9.47 Å². The van der Waals surface area contributed by atoms with Crippen molar-refractivity contribution >= 4 is 6.29 Å². The molecule has 5 nitrogen and oxygen atoms in total. The van der Waals surface area contributed by atoms with Crippen molar-refractivity contribution in [2.45, 2.75) is 6.92 Å². The van der Waals surface area contributed by atoms with Crippen LogP contribution in [0.4, 0.5) is 0 Å². The number of carbonyl (C=O) groups excluding carboxylic acids is 1. The van der Waals surface area contributed by atoms with Crippen molar-refractivity contribution in [3.05, 3.63) is 35.8 Å². The number of benzene rings is 1. The molecule has 0 aliphatic heterocycles.